The summed E-state index contributed by atoms with van der Waals surface area (Å²) in [5.74, 6) is 0.289. The molecule has 3 nitrogen and oxygen atoms in total. The quantitative estimate of drug-likeness (QED) is 0.882. The van der Waals surface area contributed by atoms with Crippen molar-refractivity contribution in [3.05, 3.63) is 35.4 Å². The molecular weight excluding hydrogens is 236 g/mol. The summed E-state index contributed by atoms with van der Waals surface area (Å²) in [4.78, 5) is 11.9. The standard InChI is InChI=1S/C16H22N2O/c1-11(2)9-14-5-7-15(8-6-14)13(4)16(19)18-12(3)10-17/h5-8,11-13H,9H2,1-4H3,(H,18,19)/t12-,13-/m0/s1. The number of amides is 1. The molecule has 0 aliphatic carbocycles. The van der Waals surface area contributed by atoms with Crippen molar-refractivity contribution in [1.29, 1.82) is 5.26 Å². The molecule has 1 rings (SSSR count). The summed E-state index contributed by atoms with van der Waals surface area (Å²) in [6.07, 6.45) is 1.05. The van der Waals surface area contributed by atoms with Crippen LogP contribution in [0.5, 0.6) is 0 Å². The van der Waals surface area contributed by atoms with E-state index in [1.165, 1.54) is 5.56 Å². The van der Waals surface area contributed by atoms with Gasteiger partial charge in [0.1, 0.15) is 6.04 Å². The van der Waals surface area contributed by atoms with E-state index in [1.54, 1.807) is 6.92 Å². The molecule has 0 saturated carbocycles. The van der Waals surface area contributed by atoms with Crippen molar-refractivity contribution in [2.75, 3.05) is 0 Å². The van der Waals surface area contributed by atoms with Crippen molar-refractivity contribution in [3.63, 3.8) is 0 Å². The average Bonchev–Trinajstić information content (AvgIpc) is 2.37. The second-order valence-electron chi connectivity index (χ2n) is 5.42. The van der Waals surface area contributed by atoms with E-state index in [1.807, 2.05) is 25.1 Å². The van der Waals surface area contributed by atoms with Gasteiger partial charge in [-0.2, -0.15) is 5.26 Å². The highest BCUT2D eigenvalue weighted by Crippen LogP contribution is 2.17. The minimum Gasteiger partial charge on any atom is -0.340 e. The molecule has 0 aromatic heterocycles. The van der Waals surface area contributed by atoms with Crippen LogP contribution >= 0.6 is 0 Å². The van der Waals surface area contributed by atoms with E-state index in [9.17, 15) is 4.79 Å². The molecule has 0 aliphatic heterocycles. The van der Waals surface area contributed by atoms with E-state index in [2.05, 4.69) is 31.3 Å². The van der Waals surface area contributed by atoms with Gasteiger partial charge >= 0.3 is 0 Å². The van der Waals surface area contributed by atoms with Crippen LogP contribution in [0.4, 0.5) is 0 Å². The fourth-order valence-electron chi connectivity index (χ4n) is 1.94. The second kappa shape index (κ2) is 6.94. The summed E-state index contributed by atoms with van der Waals surface area (Å²) in [5.41, 5.74) is 2.27. The predicted molar refractivity (Wildman–Crippen MR) is 76.6 cm³/mol. The van der Waals surface area contributed by atoms with E-state index in [4.69, 9.17) is 5.26 Å². The fraction of sp³-hybridized carbons (Fsp3) is 0.500. The number of rotatable bonds is 5. The number of hydrogen-bond acceptors (Lipinski definition) is 2. The van der Waals surface area contributed by atoms with E-state index >= 15 is 0 Å². The zero-order valence-electron chi connectivity index (χ0n) is 12.1. The highest BCUT2D eigenvalue weighted by Gasteiger charge is 2.16. The van der Waals surface area contributed by atoms with Crippen LogP contribution in [0.15, 0.2) is 24.3 Å². The molecule has 0 unspecified atom stereocenters. The maximum absolute atomic E-state index is 11.9. The average molecular weight is 258 g/mol. The lowest BCUT2D eigenvalue weighted by Crippen LogP contribution is -2.34. The summed E-state index contributed by atoms with van der Waals surface area (Å²) in [6.45, 7) is 7.91. The third-order valence-corrected chi connectivity index (χ3v) is 3.07. The Bertz CT molecular complexity index is 457. The van der Waals surface area contributed by atoms with Gasteiger partial charge in [0.05, 0.1) is 12.0 Å². The number of nitriles is 1. The Labute approximate surface area is 115 Å². The molecular formula is C16H22N2O. The monoisotopic (exact) mass is 258 g/mol. The Balaban J connectivity index is 2.70. The van der Waals surface area contributed by atoms with Gasteiger partial charge in [-0.05, 0) is 37.3 Å². The van der Waals surface area contributed by atoms with Crippen LogP contribution in [0, 0.1) is 17.2 Å². The first-order chi connectivity index (χ1) is 8.93. The van der Waals surface area contributed by atoms with E-state index in [0.717, 1.165) is 12.0 Å². The van der Waals surface area contributed by atoms with Crippen molar-refractivity contribution in [2.45, 2.75) is 46.1 Å². The van der Waals surface area contributed by atoms with Gasteiger partial charge in [0, 0.05) is 0 Å². The van der Waals surface area contributed by atoms with E-state index in [0.29, 0.717) is 5.92 Å². The van der Waals surface area contributed by atoms with Crippen LogP contribution in [-0.4, -0.2) is 11.9 Å². The van der Waals surface area contributed by atoms with Gasteiger partial charge < -0.3 is 5.32 Å². The van der Waals surface area contributed by atoms with Crippen molar-refractivity contribution >= 4 is 5.91 Å². The van der Waals surface area contributed by atoms with Gasteiger partial charge in [0.2, 0.25) is 5.91 Å². The number of hydrogen-bond donors (Lipinski definition) is 1. The molecule has 102 valence electrons. The minimum atomic E-state index is -0.449. The lowest BCUT2D eigenvalue weighted by Gasteiger charge is -2.14. The Morgan fingerprint density at radius 3 is 2.26 bits per heavy atom. The van der Waals surface area contributed by atoms with Crippen LogP contribution < -0.4 is 5.32 Å². The first-order valence-corrected chi connectivity index (χ1v) is 6.73. The molecule has 1 N–H and O–H groups in total. The third-order valence-electron chi connectivity index (χ3n) is 3.07. The fourth-order valence-corrected chi connectivity index (χ4v) is 1.94. The molecule has 0 saturated heterocycles. The first-order valence-electron chi connectivity index (χ1n) is 6.73. The number of nitrogens with zero attached hydrogens (tertiary/aromatic N) is 1. The molecule has 0 spiro atoms. The second-order valence-corrected chi connectivity index (χ2v) is 5.42. The molecule has 0 heterocycles. The lowest BCUT2D eigenvalue weighted by atomic mass is 9.96. The molecule has 0 fully saturated rings. The molecule has 3 heteroatoms. The number of nitrogens with one attached hydrogen (secondary N) is 1. The van der Waals surface area contributed by atoms with E-state index < -0.39 is 6.04 Å². The highest BCUT2D eigenvalue weighted by molar-refractivity contribution is 5.83. The topological polar surface area (TPSA) is 52.9 Å². The highest BCUT2D eigenvalue weighted by atomic mass is 16.1. The van der Waals surface area contributed by atoms with Crippen molar-refractivity contribution < 1.29 is 4.79 Å². The molecule has 1 aromatic rings. The largest absolute Gasteiger partial charge is 0.340 e. The summed E-state index contributed by atoms with van der Waals surface area (Å²) in [5, 5.41) is 11.4. The van der Waals surface area contributed by atoms with Crippen molar-refractivity contribution in [3.8, 4) is 6.07 Å². The van der Waals surface area contributed by atoms with Gasteiger partial charge in [-0.15, -0.1) is 0 Å². The smallest absolute Gasteiger partial charge is 0.228 e. The molecule has 0 aliphatic rings. The lowest BCUT2D eigenvalue weighted by molar-refractivity contribution is -0.122. The predicted octanol–water partition coefficient (Wildman–Crippen LogP) is 3.02. The molecule has 0 radical (unpaired) electrons. The Morgan fingerprint density at radius 1 is 1.21 bits per heavy atom. The SMILES string of the molecule is CC(C)Cc1ccc([C@H](C)C(=O)N[C@@H](C)C#N)cc1. The molecule has 1 amide bonds. The maximum atomic E-state index is 11.9. The van der Waals surface area contributed by atoms with Gasteiger partial charge in [-0.25, -0.2) is 0 Å². The van der Waals surface area contributed by atoms with Crippen LogP contribution in [0.3, 0.4) is 0 Å². The van der Waals surface area contributed by atoms with Crippen LogP contribution in [0.25, 0.3) is 0 Å². The maximum Gasteiger partial charge on any atom is 0.228 e. The minimum absolute atomic E-state index is 0.106. The third kappa shape index (κ3) is 4.75. The number of carbonyl (C=O) groups is 1. The number of benzene rings is 1. The molecule has 0 bridgehead atoms. The summed E-state index contributed by atoms with van der Waals surface area (Å²) in [7, 11) is 0. The van der Waals surface area contributed by atoms with Gasteiger partial charge in [-0.1, -0.05) is 38.1 Å². The molecule has 1 aromatic carbocycles. The Hall–Kier alpha value is -1.82. The zero-order chi connectivity index (χ0) is 14.4. The zero-order valence-corrected chi connectivity index (χ0v) is 12.1. The normalized spacial score (nSPS) is 13.7. The van der Waals surface area contributed by atoms with Crippen molar-refractivity contribution in [2.24, 2.45) is 5.92 Å². The summed E-state index contributed by atoms with van der Waals surface area (Å²) >= 11 is 0. The van der Waals surface area contributed by atoms with Crippen LogP contribution in [0.1, 0.15) is 44.7 Å². The van der Waals surface area contributed by atoms with Gasteiger partial charge in [-0.3, -0.25) is 4.79 Å². The van der Waals surface area contributed by atoms with Crippen molar-refractivity contribution in [1.82, 2.24) is 5.32 Å². The Morgan fingerprint density at radius 2 is 1.79 bits per heavy atom. The van der Waals surface area contributed by atoms with Crippen LogP contribution in [-0.2, 0) is 11.2 Å². The van der Waals surface area contributed by atoms with E-state index in [-0.39, 0.29) is 11.8 Å². The summed E-state index contributed by atoms with van der Waals surface area (Å²) in [6, 6.07) is 9.70. The summed E-state index contributed by atoms with van der Waals surface area (Å²) < 4.78 is 0. The van der Waals surface area contributed by atoms with Gasteiger partial charge in [0.15, 0.2) is 0 Å². The van der Waals surface area contributed by atoms with Gasteiger partial charge in [0.25, 0.3) is 0 Å². The number of carbonyl (C=O) groups excluding carboxylic acids is 1. The van der Waals surface area contributed by atoms with Crippen LogP contribution in [0.2, 0.25) is 0 Å². The molecule has 19 heavy (non-hydrogen) atoms. The first kappa shape index (κ1) is 15.2. The Kier molecular flexibility index (Phi) is 5.57. The molecule has 2 atom stereocenters.